The highest BCUT2D eigenvalue weighted by Gasteiger charge is 2.57. The van der Waals surface area contributed by atoms with Gasteiger partial charge in [-0.25, -0.2) is 8.78 Å². The number of nitrogens with zero attached hydrogens (tertiary/aromatic N) is 1. The highest BCUT2D eigenvalue weighted by atomic mass is 19.3. The minimum absolute atomic E-state index is 0.192. The molecule has 3 rings (SSSR count). The summed E-state index contributed by atoms with van der Waals surface area (Å²) in [7, 11) is 0. The number of hydrogen-bond donors (Lipinski definition) is 2. The van der Waals surface area contributed by atoms with Crippen LogP contribution in [0.2, 0.25) is 0 Å². The van der Waals surface area contributed by atoms with Crippen molar-refractivity contribution < 1.29 is 8.78 Å². The molecule has 0 saturated heterocycles. The summed E-state index contributed by atoms with van der Waals surface area (Å²) in [6.07, 6.45) is -0.384. The van der Waals surface area contributed by atoms with Crippen LogP contribution in [0.15, 0.2) is 24.3 Å². The van der Waals surface area contributed by atoms with Crippen LogP contribution < -0.4 is 5.73 Å². The number of benzene rings is 1. The van der Waals surface area contributed by atoms with Crippen molar-refractivity contribution in [2.24, 2.45) is 5.73 Å². The standard InChI is InChI=1S/C12H13F2N3/c13-12(14)5-11(6-12,7-15)10-8-3-1-2-4-9(8)16-17-10/h1-4H,5-7,15H2,(H,16,17). The largest absolute Gasteiger partial charge is 0.330 e. The first-order chi connectivity index (χ1) is 8.06. The second kappa shape index (κ2) is 3.26. The number of aromatic amines is 1. The summed E-state index contributed by atoms with van der Waals surface area (Å²) in [4.78, 5) is 0. The molecule has 2 aromatic rings. The average Bonchev–Trinajstić information content (AvgIpc) is 2.69. The number of aromatic nitrogens is 2. The number of halogens is 2. The van der Waals surface area contributed by atoms with E-state index in [2.05, 4.69) is 10.2 Å². The second-order valence-electron chi connectivity index (χ2n) is 4.81. The highest BCUT2D eigenvalue weighted by molar-refractivity contribution is 5.82. The molecule has 3 N–H and O–H groups in total. The Hall–Kier alpha value is -1.49. The Labute approximate surface area is 97.0 Å². The van der Waals surface area contributed by atoms with E-state index >= 15 is 0 Å². The Kier molecular flexibility index (Phi) is 2.04. The first kappa shape index (κ1) is 10.7. The molecule has 1 aliphatic rings. The Morgan fingerprint density at radius 2 is 2.00 bits per heavy atom. The fourth-order valence-electron chi connectivity index (χ4n) is 2.72. The van der Waals surface area contributed by atoms with Crippen LogP contribution in [0.5, 0.6) is 0 Å². The maximum Gasteiger partial charge on any atom is 0.250 e. The molecule has 1 aromatic heterocycles. The quantitative estimate of drug-likeness (QED) is 0.841. The molecule has 0 unspecified atom stereocenters. The zero-order valence-corrected chi connectivity index (χ0v) is 9.21. The Balaban J connectivity index is 2.09. The molecule has 1 heterocycles. The summed E-state index contributed by atoms with van der Waals surface area (Å²) >= 11 is 0. The van der Waals surface area contributed by atoms with E-state index in [1.165, 1.54) is 0 Å². The minimum Gasteiger partial charge on any atom is -0.330 e. The molecule has 0 radical (unpaired) electrons. The Morgan fingerprint density at radius 3 is 2.65 bits per heavy atom. The lowest BCUT2D eigenvalue weighted by Gasteiger charge is -2.46. The molecule has 1 saturated carbocycles. The summed E-state index contributed by atoms with van der Waals surface area (Å²) in [5, 5.41) is 7.92. The maximum absolute atomic E-state index is 13.1. The number of hydrogen-bond acceptors (Lipinski definition) is 2. The van der Waals surface area contributed by atoms with Gasteiger partial charge in [-0.15, -0.1) is 0 Å². The SMILES string of the molecule is NCC1(c2[nH]nc3ccccc23)CC(F)(F)C1. The van der Waals surface area contributed by atoms with Gasteiger partial charge < -0.3 is 5.73 Å². The number of nitrogens with two attached hydrogens (primary N) is 1. The van der Waals surface area contributed by atoms with Crippen LogP contribution >= 0.6 is 0 Å². The summed E-state index contributed by atoms with van der Waals surface area (Å²) in [5.41, 5.74) is 6.60. The van der Waals surface area contributed by atoms with Gasteiger partial charge in [0.2, 0.25) is 5.92 Å². The maximum atomic E-state index is 13.1. The highest BCUT2D eigenvalue weighted by Crippen LogP contribution is 2.53. The first-order valence-corrected chi connectivity index (χ1v) is 5.58. The van der Waals surface area contributed by atoms with Crippen molar-refractivity contribution in [1.82, 2.24) is 10.2 Å². The van der Waals surface area contributed by atoms with Crippen molar-refractivity contribution in [2.75, 3.05) is 6.54 Å². The zero-order valence-electron chi connectivity index (χ0n) is 9.21. The smallest absolute Gasteiger partial charge is 0.250 e. The minimum atomic E-state index is -2.59. The van der Waals surface area contributed by atoms with Crippen LogP contribution in [0, 0.1) is 0 Å². The van der Waals surface area contributed by atoms with Crippen molar-refractivity contribution in [2.45, 2.75) is 24.2 Å². The molecule has 0 bridgehead atoms. The van der Waals surface area contributed by atoms with Crippen molar-refractivity contribution in [3.63, 3.8) is 0 Å². The first-order valence-electron chi connectivity index (χ1n) is 5.58. The lowest BCUT2D eigenvalue weighted by molar-refractivity contribution is -0.124. The van der Waals surface area contributed by atoms with Gasteiger partial charge in [0.25, 0.3) is 0 Å². The molecule has 1 fully saturated rings. The van der Waals surface area contributed by atoms with Gasteiger partial charge in [0.1, 0.15) is 0 Å². The molecule has 0 spiro atoms. The number of H-pyrrole nitrogens is 1. The van der Waals surface area contributed by atoms with Gasteiger partial charge in [-0.05, 0) is 6.07 Å². The Bertz CT molecular complexity index is 554. The van der Waals surface area contributed by atoms with E-state index in [0.717, 1.165) is 16.6 Å². The van der Waals surface area contributed by atoms with Gasteiger partial charge in [0, 0.05) is 30.2 Å². The van der Waals surface area contributed by atoms with Crippen molar-refractivity contribution >= 4 is 10.9 Å². The molecule has 90 valence electrons. The van der Waals surface area contributed by atoms with E-state index in [9.17, 15) is 8.78 Å². The third-order valence-electron chi connectivity index (χ3n) is 3.58. The number of fused-ring (bicyclic) bond motifs is 1. The number of alkyl halides is 2. The molecular formula is C12H13F2N3. The number of rotatable bonds is 2. The summed E-state index contributed by atoms with van der Waals surface area (Å²) < 4.78 is 26.2. The molecule has 17 heavy (non-hydrogen) atoms. The molecule has 0 atom stereocenters. The van der Waals surface area contributed by atoms with Gasteiger partial charge in [-0.3, -0.25) is 5.10 Å². The third kappa shape index (κ3) is 1.45. The van der Waals surface area contributed by atoms with Crippen LogP contribution in [0.4, 0.5) is 8.78 Å². The lowest BCUT2D eigenvalue weighted by Crippen LogP contribution is -2.54. The van der Waals surface area contributed by atoms with E-state index in [4.69, 9.17) is 5.73 Å². The predicted octanol–water partition coefficient (Wildman–Crippen LogP) is 2.19. The summed E-state index contributed by atoms with van der Waals surface area (Å²) in [6.45, 7) is 0.217. The lowest BCUT2D eigenvalue weighted by atomic mass is 9.63. The normalized spacial score (nSPS) is 21.4. The topological polar surface area (TPSA) is 54.7 Å². The monoisotopic (exact) mass is 237 g/mol. The fraction of sp³-hybridized carbons (Fsp3) is 0.417. The van der Waals surface area contributed by atoms with Crippen LogP contribution in [-0.2, 0) is 5.41 Å². The molecule has 5 heteroatoms. The van der Waals surface area contributed by atoms with Gasteiger partial charge in [0.05, 0.1) is 11.2 Å². The van der Waals surface area contributed by atoms with E-state index < -0.39 is 11.3 Å². The summed E-state index contributed by atoms with van der Waals surface area (Å²) in [6, 6.07) is 7.50. The van der Waals surface area contributed by atoms with Crippen molar-refractivity contribution in [3.8, 4) is 0 Å². The van der Waals surface area contributed by atoms with Crippen molar-refractivity contribution in [3.05, 3.63) is 30.0 Å². The molecule has 1 aliphatic carbocycles. The molecule has 1 aromatic carbocycles. The van der Waals surface area contributed by atoms with E-state index in [1.54, 1.807) is 0 Å². The summed E-state index contributed by atoms with van der Waals surface area (Å²) in [5.74, 6) is -2.59. The second-order valence-corrected chi connectivity index (χ2v) is 4.81. The third-order valence-corrected chi connectivity index (χ3v) is 3.58. The van der Waals surface area contributed by atoms with Crippen LogP contribution in [-0.4, -0.2) is 22.7 Å². The van der Waals surface area contributed by atoms with E-state index in [-0.39, 0.29) is 19.4 Å². The van der Waals surface area contributed by atoms with E-state index in [0.29, 0.717) is 0 Å². The predicted molar refractivity (Wildman–Crippen MR) is 61.0 cm³/mol. The van der Waals surface area contributed by atoms with Gasteiger partial charge in [-0.1, -0.05) is 18.2 Å². The molecule has 3 nitrogen and oxygen atoms in total. The van der Waals surface area contributed by atoms with Crippen molar-refractivity contribution in [1.29, 1.82) is 0 Å². The van der Waals surface area contributed by atoms with Gasteiger partial charge in [0.15, 0.2) is 0 Å². The fourth-order valence-corrected chi connectivity index (χ4v) is 2.72. The van der Waals surface area contributed by atoms with Crippen LogP contribution in [0.25, 0.3) is 10.9 Å². The zero-order chi connectivity index (χ0) is 12.1. The van der Waals surface area contributed by atoms with E-state index in [1.807, 2.05) is 24.3 Å². The Morgan fingerprint density at radius 1 is 1.29 bits per heavy atom. The van der Waals surface area contributed by atoms with Crippen LogP contribution in [0.1, 0.15) is 18.5 Å². The van der Waals surface area contributed by atoms with Gasteiger partial charge >= 0.3 is 0 Å². The average molecular weight is 237 g/mol. The molecular weight excluding hydrogens is 224 g/mol. The van der Waals surface area contributed by atoms with Gasteiger partial charge in [-0.2, -0.15) is 5.10 Å². The number of para-hydroxylation sites is 1. The molecule has 0 amide bonds. The number of nitrogens with one attached hydrogen (secondary N) is 1. The van der Waals surface area contributed by atoms with Crippen LogP contribution in [0.3, 0.4) is 0 Å². The molecule has 0 aliphatic heterocycles.